The smallest absolute Gasteiger partial charge is 0.271 e. The zero-order valence-electron chi connectivity index (χ0n) is 10.5. The van der Waals surface area contributed by atoms with Crippen molar-refractivity contribution in [3.63, 3.8) is 0 Å². The van der Waals surface area contributed by atoms with E-state index in [-0.39, 0.29) is 11.3 Å². The molecule has 0 atom stereocenters. The van der Waals surface area contributed by atoms with E-state index in [4.69, 9.17) is 4.55 Å². The molecule has 2 aromatic rings. The summed E-state index contributed by atoms with van der Waals surface area (Å²) in [4.78, 5) is 11.8. The summed E-state index contributed by atoms with van der Waals surface area (Å²) in [5.74, 6) is -0.611. The van der Waals surface area contributed by atoms with E-state index in [1.807, 2.05) is 32.0 Å². The Morgan fingerprint density at radius 2 is 1.95 bits per heavy atom. The fourth-order valence-electron chi connectivity index (χ4n) is 1.85. The fourth-order valence-corrected chi connectivity index (χ4v) is 2.40. The van der Waals surface area contributed by atoms with Crippen molar-refractivity contribution in [3.05, 3.63) is 51.4 Å². The van der Waals surface area contributed by atoms with Gasteiger partial charge in [0, 0.05) is 6.07 Å². The van der Waals surface area contributed by atoms with Crippen LogP contribution in [0.3, 0.4) is 0 Å². The van der Waals surface area contributed by atoms with Crippen LogP contribution in [-0.4, -0.2) is 22.8 Å². The molecule has 0 saturated carbocycles. The van der Waals surface area contributed by atoms with Gasteiger partial charge in [-0.3, -0.25) is 14.4 Å². The Hall–Kier alpha value is -1.86. The number of aromatic amines is 1. The van der Waals surface area contributed by atoms with Crippen molar-refractivity contribution in [2.45, 2.75) is 19.6 Å². The minimum Gasteiger partial charge on any atom is -0.294 e. The number of aromatic nitrogens is 2. The molecule has 102 valence electrons. The standard InChI is InChI=1S/C12H14N2O4S/c1-8-3-4-9(2)11(5-8)14-12(15)6-10(13-14)7-19(16,17)18/h3-6,13H,7H2,1-2H3,(H,16,17,18). The van der Waals surface area contributed by atoms with Crippen molar-refractivity contribution in [2.75, 3.05) is 0 Å². The molecule has 6 nitrogen and oxygen atoms in total. The molecule has 2 rings (SSSR count). The van der Waals surface area contributed by atoms with Gasteiger partial charge in [0.2, 0.25) is 0 Å². The summed E-state index contributed by atoms with van der Waals surface area (Å²) in [7, 11) is -4.16. The molecule has 0 amide bonds. The summed E-state index contributed by atoms with van der Waals surface area (Å²) in [6.45, 7) is 3.75. The Bertz CT molecular complexity index is 771. The Labute approximate surface area is 110 Å². The van der Waals surface area contributed by atoms with Gasteiger partial charge in [0.25, 0.3) is 15.7 Å². The molecule has 7 heteroatoms. The minimum atomic E-state index is -4.16. The maximum Gasteiger partial charge on any atom is 0.271 e. The second-order valence-electron chi connectivity index (χ2n) is 4.47. The molecule has 19 heavy (non-hydrogen) atoms. The SMILES string of the molecule is Cc1ccc(C)c(-n2[nH]c(CS(=O)(=O)O)cc2=O)c1. The van der Waals surface area contributed by atoms with Gasteiger partial charge in [0.1, 0.15) is 5.75 Å². The van der Waals surface area contributed by atoms with Gasteiger partial charge >= 0.3 is 0 Å². The van der Waals surface area contributed by atoms with Crippen LogP contribution in [0.15, 0.2) is 29.1 Å². The van der Waals surface area contributed by atoms with E-state index >= 15 is 0 Å². The normalized spacial score (nSPS) is 11.7. The third-order valence-electron chi connectivity index (χ3n) is 2.72. The molecule has 0 aliphatic carbocycles. The van der Waals surface area contributed by atoms with Crippen LogP contribution in [0.25, 0.3) is 5.69 Å². The molecule has 0 radical (unpaired) electrons. The minimum absolute atomic E-state index is 0.147. The zero-order valence-corrected chi connectivity index (χ0v) is 11.4. The zero-order chi connectivity index (χ0) is 14.2. The van der Waals surface area contributed by atoms with Crippen LogP contribution < -0.4 is 5.56 Å². The Kier molecular flexibility index (Phi) is 3.34. The van der Waals surface area contributed by atoms with E-state index in [2.05, 4.69) is 5.10 Å². The monoisotopic (exact) mass is 282 g/mol. The fraction of sp³-hybridized carbons (Fsp3) is 0.250. The predicted molar refractivity (Wildman–Crippen MR) is 71.1 cm³/mol. The molecule has 1 heterocycles. The number of benzene rings is 1. The van der Waals surface area contributed by atoms with E-state index in [1.54, 1.807) is 0 Å². The molecule has 0 saturated heterocycles. The third-order valence-corrected chi connectivity index (χ3v) is 3.39. The maximum absolute atomic E-state index is 11.8. The van der Waals surface area contributed by atoms with Crippen molar-refractivity contribution >= 4 is 10.1 Å². The number of aryl methyl sites for hydroxylation is 2. The highest BCUT2D eigenvalue weighted by Gasteiger charge is 2.12. The van der Waals surface area contributed by atoms with Gasteiger partial charge in [0.15, 0.2) is 0 Å². The van der Waals surface area contributed by atoms with E-state index < -0.39 is 15.9 Å². The average molecular weight is 282 g/mol. The summed E-state index contributed by atoms with van der Waals surface area (Å²) in [5, 5.41) is 2.69. The lowest BCUT2D eigenvalue weighted by molar-refractivity contribution is 0.481. The van der Waals surface area contributed by atoms with Gasteiger partial charge < -0.3 is 0 Å². The van der Waals surface area contributed by atoms with Crippen molar-refractivity contribution in [2.24, 2.45) is 0 Å². The molecular weight excluding hydrogens is 268 g/mol. The van der Waals surface area contributed by atoms with Gasteiger partial charge in [-0.25, -0.2) is 4.68 Å². The van der Waals surface area contributed by atoms with E-state index in [1.165, 1.54) is 4.68 Å². The summed E-state index contributed by atoms with van der Waals surface area (Å²) in [5.41, 5.74) is 2.30. The molecule has 0 aliphatic rings. The van der Waals surface area contributed by atoms with Gasteiger partial charge in [-0.2, -0.15) is 8.42 Å². The number of nitrogens with one attached hydrogen (secondary N) is 1. The largest absolute Gasteiger partial charge is 0.294 e. The average Bonchev–Trinajstić information content (AvgIpc) is 2.60. The lowest BCUT2D eigenvalue weighted by Crippen LogP contribution is -2.14. The highest BCUT2D eigenvalue weighted by molar-refractivity contribution is 7.85. The molecule has 2 N–H and O–H groups in total. The molecule has 0 unspecified atom stereocenters. The van der Waals surface area contributed by atoms with Gasteiger partial charge in [-0.15, -0.1) is 0 Å². The Morgan fingerprint density at radius 1 is 1.26 bits per heavy atom. The Morgan fingerprint density at radius 3 is 2.58 bits per heavy atom. The number of nitrogens with zero attached hydrogens (tertiary/aromatic N) is 1. The summed E-state index contributed by atoms with van der Waals surface area (Å²) in [6, 6.07) is 6.78. The van der Waals surface area contributed by atoms with Crippen molar-refractivity contribution < 1.29 is 13.0 Å². The van der Waals surface area contributed by atoms with Crippen LogP contribution in [0.1, 0.15) is 16.8 Å². The number of rotatable bonds is 3. The first kappa shape index (κ1) is 13.6. The maximum atomic E-state index is 11.8. The van der Waals surface area contributed by atoms with Gasteiger partial charge in [-0.1, -0.05) is 12.1 Å². The Balaban J connectivity index is 2.52. The first-order valence-corrected chi connectivity index (χ1v) is 7.21. The third kappa shape index (κ3) is 3.12. The summed E-state index contributed by atoms with van der Waals surface area (Å²) < 4.78 is 31.7. The van der Waals surface area contributed by atoms with Crippen molar-refractivity contribution in [3.8, 4) is 5.69 Å². The predicted octanol–water partition coefficient (Wildman–Crippen LogP) is 1.17. The van der Waals surface area contributed by atoms with Crippen LogP contribution in [0.5, 0.6) is 0 Å². The van der Waals surface area contributed by atoms with Crippen molar-refractivity contribution in [1.82, 2.24) is 9.78 Å². The molecule has 0 spiro atoms. The molecule has 0 aliphatic heterocycles. The van der Waals surface area contributed by atoms with Crippen LogP contribution in [0, 0.1) is 13.8 Å². The highest BCUT2D eigenvalue weighted by atomic mass is 32.2. The molecule has 1 aromatic carbocycles. The van der Waals surface area contributed by atoms with Crippen LogP contribution in [0.4, 0.5) is 0 Å². The van der Waals surface area contributed by atoms with Crippen LogP contribution in [-0.2, 0) is 15.9 Å². The molecular formula is C12H14N2O4S. The second-order valence-corrected chi connectivity index (χ2v) is 5.92. The summed E-state index contributed by atoms with van der Waals surface area (Å²) >= 11 is 0. The quantitative estimate of drug-likeness (QED) is 0.827. The van der Waals surface area contributed by atoms with Gasteiger partial charge in [-0.05, 0) is 31.0 Å². The lowest BCUT2D eigenvalue weighted by atomic mass is 10.1. The van der Waals surface area contributed by atoms with Crippen LogP contribution >= 0.6 is 0 Å². The summed E-state index contributed by atoms with van der Waals surface area (Å²) in [6.07, 6.45) is 0. The lowest BCUT2D eigenvalue weighted by Gasteiger charge is -2.07. The second kappa shape index (κ2) is 4.67. The van der Waals surface area contributed by atoms with Crippen LogP contribution in [0.2, 0.25) is 0 Å². The topological polar surface area (TPSA) is 92.2 Å². The molecule has 1 aromatic heterocycles. The first-order chi connectivity index (χ1) is 8.76. The van der Waals surface area contributed by atoms with E-state index in [9.17, 15) is 13.2 Å². The van der Waals surface area contributed by atoms with E-state index in [0.717, 1.165) is 17.2 Å². The first-order valence-electron chi connectivity index (χ1n) is 5.60. The van der Waals surface area contributed by atoms with Crippen molar-refractivity contribution in [1.29, 1.82) is 0 Å². The number of H-pyrrole nitrogens is 1. The highest BCUT2D eigenvalue weighted by Crippen LogP contribution is 2.14. The van der Waals surface area contributed by atoms with E-state index in [0.29, 0.717) is 5.69 Å². The molecule has 0 fully saturated rings. The number of hydrogen-bond donors (Lipinski definition) is 2. The molecule has 0 bridgehead atoms. The van der Waals surface area contributed by atoms with Gasteiger partial charge in [0.05, 0.1) is 11.4 Å². The number of hydrogen-bond acceptors (Lipinski definition) is 3.